The lowest BCUT2D eigenvalue weighted by atomic mass is 9.46. The number of hydrogen-bond acceptors (Lipinski definition) is 7. The highest BCUT2D eigenvalue weighted by molar-refractivity contribution is 5.53. The van der Waals surface area contributed by atoms with Crippen molar-refractivity contribution in [3.8, 4) is 11.8 Å². The quantitative estimate of drug-likeness (QED) is 0.497. The van der Waals surface area contributed by atoms with Crippen LogP contribution in [0.3, 0.4) is 0 Å². The Bertz CT molecular complexity index is 1100. The van der Waals surface area contributed by atoms with Crippen LogP contribution in [0.25, 0.3) is 0 Å². The van der Waals surface area contributed by atoms with Crippen molar-refractivity contribution in [3.63, 3.8) is 0 Å². The number of nitriles is 1. The van der Waals surface area contributed by atoms with Gasteiger partial charge >= 0.3 is 6.36 Å². The van der Waals surface area contributed by atoms with Gasteiger partial charge in [-0.05, 0) is 73.8 Å². The minimum Gasteiger partial charge on any atom is -0.405 e. The van der Waals surface area contributed by atoms with E-state index < -0.39 is 6.36 Å². The first-order valence-corrected chi connectivity index (χ1v) is 12.1. The molecule has 4 aliphatic carbocycles. The van der Waals surface area contributed by atoms with Crippen molar-refractivity contribution in [2.45, 2.75) is 45.0 Å². The van der Waals surface area contributed by atoms with Crippen LogP contribution in [0.1, 0.15) is 43.2 Å². The molecule has 0 aliphatic heterocycles. The molecule has 0 saturated heterocycles. The zero-order valence-corrected chi connectivity index (χ0v) is 19.3. The third-order valence-electron chi connectivity index (χ3n) is 8.08. The largest absolute Gasteiger partial charge is 0.573 e. The first kappa shape index (κ1) is 23.7. The molecule has 1 aromatic carbocycles. The second kappa shape index (κ2) is 9.19. The zero-order chi connectivity index (χ0) is 24.6. The Morgan fingerprint density at radius 3 is 2.57 bits per heavy atom. The number of hydrogen-bond donors (Lipinski definition) is 3. The van der Waals surface area contributed by atoms with Crippen LogP contribution in [-0.2, 0) is 6.54 Å². The monoisotopic (exact) mass is 486 g/mol. The van der Waals surface area contributed by atoms with E-state index in [9.17, 15) is 18.4 Å². The Morgan fingerprint density at radius 1 is 1.14 bits per heavy atom. The summed E-state index contributed by atoms with van der Waals surface area (Å²) in [6.07, 6.45) is 2.80. The molecule has 1 aromatic heterocycles. The number of aromatic nitrogens is 2. The summed E-state index contributed by atoms with van der Waals surface area (Å²) in [4.78, 5) is 8.61. The van der Waals surface area contributed by atoms with E-state index in [2.05, 4.69) is 31.4 Å². The summed E-state index contributed by atoms with van der Waals surface area (Å²) in [7, 11) is 0. The predicted octanol–water partition coefficient (Wildman–Crippen LogP) is 4.67. The van der Waals surface area contributed by atoms with Gasteiger partial charge in [-0.2, -0.15) is 10.2 Å². The fourth-order valence-electron chi connectivity index (χ4n) is 6.83. The maximum absolute atomic E-state index is 12.7. The minimum absolute atomic E-state index is 0.0346. The third-order valence-corrected chi connectivity index (χ3v) is 8.08. The number of nitrogens with zero attached hydrogens (tertiary/aromatic N) is 3. The molecule has 4 aliphatic rings. The summed E-state index contributed by atoms with van der Waals surface area (Å²) in [5.74, 6) is 2.99. The van der Waals surface area contributed by atoms with Crippen molar-refractivity contribution < 1.29 is 17.9 Å². The summed E-state index contributed by atoms with van der Waals surface area (Å²) in [5.41, 5.74) is 7.13. The second-order valence-electron chi connectivity index (χ2n) is 10.3. The lowest BCUT2D eigenvalue weighted by Gasteiger charge is -2.60. The molecular weight excluding hydrogens is 457 g/mol. The highest BCUT2D eigenvalue weighted by Gasteiger charge is 2.54. The second-order valence-corrected chi connectivity index (χ2v) is 10.3. The average Bonchev–Trinajstić information content (AvgIpc) is 2.82. The topological polar surface area (TPSA) is 109 Å². The number of nitrogens with one attached hydrogen (secondary N) is 2. The number of rotatable bonds is 8. The summed E-state index contributed by atoms with van der Waals surface area (Å²) in [6, 6.07) is 8.03. The Balaban J connectivity index is 1.26. The number of benzene rings is 1. The highest BCUT2D eigenvalue weighted by Crippen LogP contribution is 2.61. The minimum atomic E-state index is -4.78. The number of alkyl halides is 3. The van der Waals surface area contributed by atoms with Crippen molar-refractivity contribution >= 4 is 11.8 Å². The van der Waals surface area contributed by atoms with E-state index in [1.54, 1.807) is 6.07 Å². The standard InChI is InChI=1S/C25H29F3N6O/c26-25(27,28)35-21-4-2-1-3-16(21)11-32-23-33-12-19(10-29)22(34-23)31-13-20-17-5-15-6-18(20)9-24(7-15,8-17)14-30/h1-4,12,15,17-18,20H,5-9,11,13-14,30H2,(H2,31,32,33,34)/t15?,17-,18+,20?,24?. The van der Waals surface area contributed by atoms with Gasteiger partial charge in [-0.1, -0.05) is 18.2 Å². The molecular formula is C25H29F3N6O. The summed E-state index contributed by atoms with van der Waals surface area (Å²) in [6.45, 7) is 1.54. The van der Waals surface area contributed by atoms with Gasteiger partial charge in [0.05, 0.1) is 6.20 Å². The van der Waals surface area contributed by atoms with Gasteiger partial charge in [-0.25, -0.2) is 4.98 Å². The fourth-order valence-corrected chi connectivity index (χ4v) is 6.83. The normalized spacial score (nSPS) is 29.0. The molecule has 0 spiro atoms. The van der Waals surface area contributed by atoms with Crippen LogP contribution in [0.5, 0.6) is 5.75 Å². The van der Waals surface area contributed by atoms with Crippen molar-refractivity contribution in [2.24, 2.45) is 34.8 Å². The molecule has 0 radical (unpaired) electrons. The van der Waals surface area contributed by atoms with Crippen LogP contribution in [0.15, 0.2) is 30.5 Å². The summed E-state index contributed by atoms with van der Waals surface area (Å²) in [5, 5.41) is 15.9. The van der Waals surface area contributed by atoms with Crippen molar-refractivity contribution in [3.05, 3.63) is 41.6 Å². The van der Waals surface area contributed by atoms with Crippen LogP contribution < -0.4 is 21.1 Å². The average molecular weight is 487 g/mol. The molecule has 4 bridgehead atoms. The van der Waals surface area contributed by atoms with Crippen LogP contribution >= 0.6 is 0 Å². The molecule has 4 saturated carbocycles. The first-order valence-electron chi connectivity index (χ1n) is 12.1. The van der Waals surface area contributed by atoms with E-state index in [0.29, 0.717) is 40.1 Å². The van der Waals surface area contributed by atoms with E-state index in [1.165, 1.54) is 56.5 Å². The molecule has 10 heteroatoms. The molecule has 7 nitrogen and oxygen atoms in total. The summed E-state index contributed by atoms with van der Waals surface area (Å²) >= 11 is 0. The first-order chi connectivity index (χ1) is 16.8. The zero-order valence-electron chi connectivity index (χ0n) is 19.3. The lowest BCUT2D eigenvalue weighted by molar-refractivity contribution is -0.274. The SMILES string of the molecule is N#Cc1cnc(NCc2ccccc2OC(F)(F)F)nc1NCC1[C@@H]2CC3C[C@H]1CC(CN)(C3)C2. The fraction of sp³-hybridized carbons (Fsp3) is 0.560. The van der Waals surface area contributed by atoms with E-state index in [0.717, 1.165) is 19.0 Å². The molecule has 186 valence electrons. The Morgan fingerprint density at radius 2 is 1.89 bits per heavy atom. The van der Waals surface area contributed by atoms with E-state index in [1.807, 2.05) is 0 Å². The van der Waals surface area contributed by atoms with Gasteiger partial charge in [0.25, 0.3) is 0 Å². The van der Waals surface area contributed by atoms with E-state index >= 15 is 0 Å². The lowest BCUT2D eigenvalue weighted by Crippen LogP contribution is -2.54. The maximum Gasteiger partial charge on any atom is 0.573 e. The number of nitrogens with two attached hydrogens (primary N) is 1. The van der Waals surface area contributed by atoms with Gasteiger partial charge in [0.2, 0.25) is 5.95 Å². The predicted molar refractivity (Wildman–Crippen MR) is 124 cm³/mol. The van der Waals surface area contributed by atoms with E-state index in [4.69, 9.17) is 5.73 Å². The van der Waals surface area contributed by atoms with Gasteiger partial charge in [-0.15, -0.1) is 13.2 Å². The molecule has 4 fully saturated rings. The van der Waals surface area contributed by atoms with Crippen LogP contribution in [0.2, 0.25) is 0 Å². The highest BCUT2D eigenvalue weighted by atomic mass is 19.4. The van der Waals surface area contributed by atoms with Crippen molar-refractivity contribution in [2.75, 3.05) is 23.7 Å². The van der Waals surface area contributed by atoms with Gasteiger partial charge < -0.3 is 21.1 Å². The van der Waals surface area contributed by atoms with Crippen LogP contribution in [0.4, 0.5) is 24.9 Å². The molecule has 0 amide bonds. The van der Waals surface area contributed by atoms with E-state index in [-0.39, 0.29) is 18.2 Å². The Labute approximate surface area is 202 Å². The molecule has 2 aromatic rings. The molecule has 6 rings (SSSR count). The van der Waals surface area contributed by atoms with Gasteiger partial charge in [0, 0.05) is 18.7 Å². The molecule has 1 heterocycles. The summed E-state index contributed by atoms with van der Waals surface area (Å²) < 4.78 is 42.2. The van der Waals surface area contributed by atoms with Crippen LogP contribution in [0, 0.1) is 40.4 Å². The number of para-hydroxylation sites is 1. The third kappa shape index (κ3) is 5.01. The molecule has 35 heavy (non-hydrogen) atoms. The van der Waals surface area contributed by atoms with Gasteiger partial charge in [0.15, 0.2) is 0 Å². The molecule has 4 N–H and O–H groups in total. The van der Waals surface area contributed by atoms with Gasteiger partial charge in [0.1, 0.15) is 23.2 Å². The number of halogens is 3. The van der Waals surface area contributed by atoms with Crippen molar-refractivity contribution in [1.29, 1.82) is 5.26 Å². The Hall–Kier alpha value is -3.06. The van der Waals surface area contributed by atoms with Crippen LogP contribution in [-0.4, -0.2) is 29.4 Å². The smallest absolute Gasteiger partial charge is 0.405 e. The molecule has 5 atom stereocenters. The van der Waals surface area contributed by atoms with Crippen molar-refractivity contribution in [1.82, 2.24) is 9.97 Å². The molecule has 3 unspecified atom stereocenters. The Kier molecular flexibility index (Phi) is 6.21. The number of ether oxygens (including phenoxy) is 1. The number of anilines is 2. The maximum atomic E-state index is 12.7. The van der Waals surface area contributed by atoms with Gasteiger partial charge in [-0.3, -0.25) is 0 Å².